The van der Waals surface area contributed by atoms with Gasteiger partial charge in [0.25, 0.3) is 0 Å². The Balaban J connectivity index is 3.45. The van der Waals surface area contributed by atoms with E-state index in [1.54, 1.807) is 0 Å². The first-order valence-corrected chi connectivity index (χ1v) is 2.59. The fourth-order valence-corrected chi connectivity index (χ4v) is 0. The molecule has 5 heavy (non-hydrogen) atoms. The van der Waals surface area contributed by atoms with Crippen molar-refractivity contribution in [1.29, 1.82) is 0 Å². The molecule has 30 valence electrons. The second-order valence-electron chi connectivity index (χ2n) is 0.456. The first-order chi connectivity index (χ1) is 3.13. The average molecular weight is 202 g/mol. The zero-order chi connectivity index (χ0) is 5.86. The molecule has 0 nitrogen and oxygen atoms in total. The molecule has 0 aliphatic heterocycles. The summed E-state index contributed by atoms with van der Waals surface area (Å²) in [5.74, 6) is 0. The quantitative estimate of drug-likeness (QED) is 0.566. The molecule has 0 aromatic rings. The summed E-state index contributed by atoms with van der Waals surface area (Å²) in [5, 5.41) is 0. The van der Waals surface area contributed by atoms with Crippen LogP contribution in [0.5, 0.6) is 0 Å². The molecule has 0 amide bonds. The van der Waals surface area contributed by atoms with Crippen LogP contribution in [0.3, 0.4) is 0 Å². The molecule has 0 heterocycles. The summed E-state index contributed by atoms with van der Waals surface area (Å²) in [6.45, 7) is -0.881. The van der Waals surface area contributed by atoms with Gasteiger partial charge in [0.2, 0.25) is 0 Å². The third-order valence-electron chi connectivity index (χ3n) is 0.126. The van der Waals surface area contributed by atoms with Crippen LogP contribution in [-0.4, -0.2) is 0 Å². The van der Waals surface area contributed by atoms with E-state index < -0.39 is 6.88 Å². The molecule has 0 rings (SSSR count). The van der Waals surface area contributed by atoms with Crippen LogP contribution >= 0.6 is 31.9 Å². The zero-order valence-electron chi connectivity index (χ0n) is 4.41. The van der Waals surface area contributed by atoms with E-state index in [1.165, 1.54) is 6.08 Å². The normalized spacial score (nSPS) is 13.4. The van der Waals surface area contributed by atoms with Gasteiger partial charge in [-0.2, -0.15) is 0 Å². The van der Waals surface area contributed by atoms with Crippen molar-refractivity contribution < 1.29 is 2.74 Å². The molecule has 0 aliphatic carbocycles. The summed E-state index contributed by atoms with van der Waals surface area (Å²) in [7, 11) is 0. The lowest BCUT2D eigenvalue weighted by Gasteiger charge is -1.67. The predicted molar refractivity (Wildman–Crippen MR) is 31.6 cm³/mol. The highest BCUT2D eigenvalue weighted by atomic mass is 79.9. The molecular formula is C3H4Br2. The fraction of sp³-hybridized carbons (Fsp3) is 0.333. The van der Waals surface area contributed by atoms with Crippen LogP contribution in [0.25, 0.3) is 0 Å². The van der Waals surface area contributed by atoms with E-state index in [0.29, 0.717) is 3.39 Å². The third kappa shape index (κ3) is 4.70. The van der Waals surface area contributed by atoms with Gasteiger partial charge < -0.3 is 0 Å². The van der Waals surface area contributed by atoms with Crippen molar-refractivity contribution >= 4 is 31.9 Å². The Hall–Kier alpha value is 0.700. The van der Waals surface area contributed by atoms with Gasteiger partial charge in [-0.05, 0) is 38.7 Å². The molecule has 0 aromatic carbocycles. The summed E-state index contributed by atoms with van der Waals surface area (Å²) in [5.41, 5.74) is 0. The molecule has 0 bridgehead atoms. The second-order valence-corrected chi connectivity index (χ2v) is 3.23. The first kappa shape index (κ1) is 2.80. The van der Waals surface area contributed by atoms with E-state index in [9.17, 15) is 0 Å². The molecule has 0 atom stereocenters. The van der Waals surface area contributed by atoms with Crippen LogP contribution in [0.1, 0.15) is 9.62 Å². The molecule has 0 unspecified atom stereocenters. The minimum Gasteiger partial charge on any atom is -0.0663 e. The van der Waals surface area contributed by atoms with Crippen LogP contribution in [0.4, 0.5) is 0 Å². The molecule has 0 aliphatic rings. The number of rotatable bonds is 0. The average Bonchev–Trinajstić information content (AvgIpc) is 1.27. The van der Waals surface area contributed by atoms with E-state index in [1.807, 2.05) is 0 Å². The number of allylic oxidation sites excluding steroid dienone is 1. The fourth-order valence-electron chi connectivity index (χ4n) is 0. The molecule has 0 spiro atoms. The Morgan fingerprint density at radius 3 is 2.60 bits per heavy atom. The maximum Gasteiger partial charge on any atom is 0.0561 e. The Morgan fingerprint density at radius 1 is 2.00 bits per heavy atom. The van der Waals surface area contributed by atoms with Crippen LogP contribution < -0.4 is 0 Å². The largest absolute Gasteiger partial charge is 0.0663 e. The van der Waals surface area contributed by atoms with Crippen LogP contribution in [0, 0.1) is 0 Å². The molecule has 0 saturated carbocycles. The standard InChI is InChI=1S/C3H4Br2/c1-2-3(4)5/h2H,1H3/i1D2. The molecule has 0 fully saturated rings. The van der Waals surface area contributed by atoms with Gasteiger partial charge in [0.15, 0.2) is 0 Å². The lowest BCUT2D eigenvalue weighted by Crippen LogP contribution is -1.35. The molecule has 2 heteroatoms. The van der Waals surface area contributed by atoms with E-state index >= 15 is 0 Å². The zero-order valence-corrected chi connectivity index (χ0v) is 5.58. The Morgan fingerprint density at radius 2 is 2.60 bits per heavy atom. The van der Waals surface area contributed by atoms with Gasteiger partial charge in [-0.15, -0.1) is 0 Å². The highest BCUT2D eigenvalue weighted by Gasteiger charge is 1.67. The summed E-state index contributed by atoms with van der Waals surface area (Å²) < 4.78 is 13.9. The van der Waals surface area contributed by atoms with Crippen LogP contribution in [-0.2, 0) is 0 Å². The minimum absolute atomic E-state index is 0.662. The highest BCUT2D eigenvalue weighted by Crippen LogP contribution is 2.10. The number of hydrogen-bond donors (Lipinski definition) is 0. The smallest absolute Gasteiger partial charge is 0.0561 e. The van der Waals surface area contributed by atoms with E-state index in [2.05, 4.69) is 31.9 Å². The third-order valence-corrected chi connectivity index (χ3v) is 0.655. The Labute approximate surface area is 51.3 Å². The maximum atomic E-state index is 6.64. The van der Waals surface area contributed by atoms with Gasteiger partial charge in [-0.3, -0.25) is 0 Å². The lowest BCUT2D eigenvalue weighted by molar-refractivity contribution is 1.78. The van der Waals surface area contributed by atoms with Gasteiger partial charge in [-0.25, -0.2) is 0 Å². The lowest BCUT2D eigenvalue weighted by atomic mass is 10.8. The van der Waals surface area contributed by atoms with E-state index in [0.717, 1.165) is 0 Å². The van der Waals surface area contributed by atoms with E-state index in [4.69, 9.17) is 2.74 Å². The van der Waals surface area contributed by atoms with Gasteiger partial charge in [0.1, 0.15) is 0 Å². The number of hydrogen-bond acceptors (Lipinski definition) is 0. The Bertz CT molecular complexity index is 75.0. The summed E-state index contributed by atoms with van der Waals surface area (Å²) >= 11 is 6.03. The molecule has 0 aromatic heterocycles. The van der Waals surface area contributed by atoms with Crippen molar-refractivity contribution in [1.82, 2.24) is 0 Å². The second kappa shape index (κ2) is 2.91. The predicted octanol–water partition coefficient (Wildman–Crippen LogP) is 2.64. The topological polar surface area (TPSA) is 0 Å². The summed E-state index contributed by atoms with van der Waals surface area (Å²) in [6, 6.07) is 0. The monoisotopic (exact) mass is 200 g/mol. The van der Waals surface area contributed by atoms with Crippen molar-refractivity contribution in [2.24, 2.45) is 0 Å². The van der Waals surface area contributed by atoms with Crippen molar-refractivity contribution in [3.8, 4) is 0 Å². The van der Waals surface area contributed by atoms with E-state index in [-0.39, 0.29) is 0 Å². The first-order valence-electron chi connectivity index (χ1n) is 2.15. The van der Waals surface area contributed by atoms with Crippen molar-refractivity contribution in [3.63, 3.8) is 0 Å². The van der Waals surface area contributed by atoms with Gasteiger partial charge >= 0.3 is 0 Å². The molecular weight excluding hydrogens is 196 g/mol. The van der Waals surface area contributed by atoms with Crippen molar-refractivity contribution in [2.45, 2.75) is 6.88 Å². The van der Waals surface area contributed by atoms with Gasteiger partial charge in [0.05, 0.1) is 3.39 Å². The Kier molecular flexibility index (Phi) is 1.63. The summed E-state index contributed by atoms with van der Waals surface area (Å²) in [4.78, 5) is 0. The van der Waals surface area contributed by atoms with Crippen LogP contribution in [0.15, 0.2) is 9.47 Å². The SMILES string of the molecule is [2H]C([2H])C=C(Br)Br. The summed E-state index contributed by atoms with van der Waals surface area (Å²) in [6.07, 6.45) is 1.42. The van der Waals surface area contributed by atoms with Gasteiger partial charge in [0, 0.05) is 2.74 Å². The number of halogens is 2. The van der Waals surface area contributed by atoms with Crippen molar-refractivity contribution in [2.75, 3.05) is 0 Å². The minimum atomic E-state index is -0.881. The molecule has 0 saturated heterocycles. The van der Waals surface area contributed by atoms with Crippen LogP contribution in [0.2, 0.25) is 0 Å². The molecule has 0 radical (unpaired) electrons. The van der Waals surface area contributed by atoms with Gasteiger partial charge in [-0.1, -0.05) is 6.08 Å². The highest BCUT2D eigenvalue weighted by molar-refractivity contribution is 9.28. The molecule has 0 N–H and O–H groups in total. The van der Waals surface area contributed by atoms with Crippen molar-refractivity contribution in [3.05, 3.63) is 9.47 Å². The maximum absolute atomic E-state index is 6.64.